The zero-order valence-corrected chi connectivity index (χ0v) is 8.81. The Kier molecular flexibility index (Phi) is 2.08. The molecule has 3 rings (SSSR count). The van der Waals surface area contributed by atoms with Gasteiger partial charge in [-0.2, -0.15) is 0 Å². The maximum atomic E-state index is 11.2. The zero-order chi connectivity index (χ0) is 11.1. The fourth-order valence-electron chi connectivity index (χ4n) is 2.35. The fourth-order valence-corrected chi connectivity index (χ4v) is 2.35. The highest BCUT2D eigenvalue weighted by Gasteiger charge is 2.37. The molecule has 0 spiro atoms. The van der Waals surface area contributed by atoms with Crippen LogP contribution in [0, 0.1) is 0 Å². The summed E-state index contributed by atoms with van der Waals surface area (Å²) in [6.07, 6.45) is 0.872. The molecule has 1 amide bonds. The van der Waals surface area contributed by atoms with E-state index in [1.54, 1.807) is 0 Å². The first-order valence-corrected chi connectivity index (χ1v) is 5.42. The third kappa shape index (κ3) is 1.36. The smallest absolute Gasteiger partial charge is 0.236 e. The molecule has 0 saturated carbocycles. The highest BCUT2D eigenvalue weighted by atomic mass is 16.1. The number of fused-ring (bicyclic) bond motifs is 3. The SMILES string of the molecule is NC(=O)C1CC2NCc3ccccc3N2N1. The molecule has 5 nitrogen and oxygen atoms in total. The van der Waals surface area contributed by atoms with Gasteiger partial charge in [-0.1, -0.05) is 18.2 Å². The molecule has 0 bridgehead atoms. The number of para-hydroxylation sites is 1. The van der Waals surface area contributed by atoms with Crippen LogP contribution in [0.2, 0.25) is 0 Å². The van der Waals surface area contributed by atoms with Crippen molar-refractivity contribution in [3.8, 4) is 0 Å². The molecule has 2 unspecified atom stereocenters. The number of nitrogens with zero attached hydrogens (tertiary/aromatic N) is 1. The lowest BCUT2D eigenvalue weighted by atomic mass is 10.1. The van der Waals surface area contributed by atoms with Crippen LogP contribution < -0.4 is 21.5 Å². The number of anilines is 1. The van der Waals surface area contributed by atoms with Crippen LogP contribution in [0.5, 0.6) is 0 Å². The largest absolute Gasteiger partial charge is 0.368 e. The van der Waals surface area contributed by atoms with Gasteiger partial charge in [-0.05, 0) is 11.6 Å². The number of amides is 1. The summed E-state index contributed by atoms with van der Waals surface area (Å²) in [5.41, 5.74) is 10.8. The van der Waals surface area contributed by atoms with Crippen LogP contribution in [0.25, 0.3) is 0 Å². The standard InChI is InChI=1S/C11H14N4O/c12-11(16)8-5-10-13-6-7-3-1-2-4-9(7)15(10)14-8/h1-4,8,10,13-14H,5-6H2,(H2,12,16). The maximum Gasteiger partial charge on any atom is 0.236 e. The number of nitrogens with one attached hydrogen (secondary N) is 2. The number of rotatable bonds is 1. The minimum atomic E-state index is -0.298. The molecule has 0 radical (unpaired) electrons. The first kappa shape index (κ1) is 9.62. The Morgan fingerprint density at radius 1 is 1.44 bits per heavy atom. The van der Waals surface area contributed by atoms with E-state index in [0.29, 0.717) is 6.42 Å². The van der Waals surface area contributed by atoms with Gasteiger partial charge in [-0.15, -0.1) is 0 Å². The Labute approximate surface area is 93.6 Å². The lowest BCUT2D eigenvalue weighted by Gasteiger charge is -2.33. The Hall–Kier alpha value is -1.59. The number of carbonyl (C=O) groups excluding carboxylic acids is 1. The van der Waals surface area contributed by atoms with Crippen LogP contribution >= 0.6 is 0 Å². The average molecular weight is 218 g/mol. The van der Waals surface area contributed by atoms with Crippen molar-refractivity contribution in [2.45, 2.75) is 25.2 Å². The Balaban J connectivity index is 1.93. The average Bonchev–Trinajstić information content (AvgIpc) is 2.73. The van der Waals surface area contributed by atoms with Crippen LogP contribution in [0.1, 0.15) is 12.0 Å². The molecule has 1 aromatic rings. The number of carbonyl (C=O) groups is 1. The van der Waals surface area contributed by atoms with E-state index in [9.17, 15) is 4.79 Å². The van der Waals surface area contributed by atoms with Crippen molar-refractivity contribution in [2.24, 2.45) is 5.73 Å². The van der Waals surface area contributed by atoms with Crippen molar-refractivity contribution in [2.75, 3.05) is 5.01 Å². The number of hydrogen-bond donors (Lipinski definition) is 3. The quantitative estimate of drug-likeness (QED) is 0.604. The summed E-state index contributed by atoms with van der Waals surface area (Å²) in [5, 5.41) is 5.39. The van der Waals surface area contributed by atoms with Crippen molar-refractivity contribution >= 4 is 11.6 Å². The molecule has 0 aromatic heterocycles. The van der Waals surface area contributed by atoms with Gasteiger partial charge in [-0.3, -0.25) is 15.1 Å². The molecule has 16 heavy (non-hydrogen) atoms. The van der Waals surface area contributed by atoms with Gasteiger partial charge in [0, 0.05) is 13.0 Å². The van der Waals surface area contributed by atoms with Crippen LogP contribution in [0.4, 0.5) is 5.69 Å². The summed E-state index contributed by atoms with van der Waals surface area (Å²) in [6.45, 7) is 0.838. The summed E-state index contributed by atoms with van der Waals surface area (Å²) in [6, 6.07) is 7.88. The molecular weight excluding hydrogens is 204 g/mol. The molecule has 0 aliphatic carbocycles. The van der Waals surface area contributed by atoms with Crippen molar-refractivity contribution < 1.29 is 4.79 Å². The van der Waals surface area contributed by atoms with Gasteiger partial charge < -0.3 is 5.73 Å². The van der Waals surface area contributed by atoms with Crippen molar-refractivity contribution in [1.29, 1.82) is 0 Å². The Bertz CT molecular complexity index is 434. The molecule has 2 heterocycles. The summed E-state index contributed by atoms with van der Waals surface area (Å²) in [4.78, 5) is 11.2. The molecule has 1 aromatic carbocycles. The van der Waals surface area contributed by atoms with E-state index in [-0.39, 0.29) is 18.1 Å². The van der Waals surface area contributed by atoms with Crippen LogP contribution in [0.3, 0.4) is 0 Å². The fraction of sp³-hybridized carbons (Fsp3) is 0.364. The molecule has 2 atom stereocenters. The van der Waals surface area contributed by atoms with Gasteiger partial charge in [0.2, 0.25) is 5.91 Å². The molecule has 1 fully saturated rings. The lowest BCUT2D eigenvalue weighted by molar-refractivity contribution is -0.119. The van der Waals surface area contributed by atoms with Crippen molar-refractivity contribution in [3.63, 3.8) is 0 Å². The van der Waals surface area contributed by atoms with Crippen LogP contribution in [-0.4, -0.2) is 18.1 Å². The first-order valence-electron chi connectivity index (χ1n) is 5.42. The van der Waals surface area contributed by atoms with E-state index in [1.165, 1.54) is 5.56 Å². The molecule has 2 aliphatic rings. The number of hydrogen-bond acceptors (Lipinski definition) is 4. The molecule has 84 valence electrons. The number of nitrogens with two attached hydrogens (primary N) is 1. The van der Waals surface area contributed by atoms with Crippen LogP contribution in [-0.2, 0) is 11.3 Å². The second-order valence-corrected chi connectivity index (χ2v) is 4.22. The molecule has 1 saturated heterocycles. The van der Waals surface area contributed by atoms with Gasteiger partial charge in [0.1, 0.15) is 6.04 Å². The minimum Gasteiger partial charge on any atom is -0.368 e. The van der Waals surface area contributed by atoms with E-state index in [2.05, 4.69) is 22.9 Å². The first-order chi connectivity index (χ1) is 7.75. The Morgan fingerprint density at radius 3 is 3.06 bits per heavy atom. The molecular formula is C11H14N4O. The summed E-state index contributed by atoms with van der Waals surface area (Å²) in [5.74, 6) is -0.298. The summed E-state index contributed by atoms with van der Waals surface area (Å²) in [7, 11) is 0. The predicted molar refractivity (Wildman–Crippen MR) is 60.3 cm³/mol. The molecule has 5 heteroatoms. The van der Waals surface area contributed by atoms with Crippen LogP contribution in [0.15, 0.2) is 24.3 Å². The van der Waals surface area contributed by atoms with E-state index in [4.69, 9.17) is 5.73 Å². The van der Waals surface area contributed by atoms with E-state index in [1.807, 2.05) is 17.1 Å². The third-order valence-electron chi connectivity index (χ3n) is 3.19. The van der Waals surface area contributed by atoms with Gasteiger partial charge in [0.05, 0.1) is 11.9 Å². The normalized spacial score (nSPS) is 27.4. The lowest BCUT2D eigenvalue weighted by Crippen LogP contribution is -2.50. The minimum absolute atomic E-state index is 0.160. The topological polar surface area (TPSA) is 70.4 Å². The van der Waals surface area contributed by atoms with Gasteiger partial charge >= 0.3 is 0 Å². The second kappa shape index (κ2) is 3.47. The Morgan fingerprint density at radius 2 is 2.25 bits per heavy atom. The maximum absolute atomic E-state index is 11.2. The van der Waals surface area contributed by atoms with Crippen molar-refractivity contribution in [3.05, 3.63) is 29.8 Å². The monoisotopic (exact) mass is 218 g/mol. The predicted octanol–water partition coefficient (Wildman–Crippen LogP) is -0.316. The van der Waals surface area contributed by atoms with Crippen molar-refractivity contribution in [1.82, 2.24) is 10.7 Å². The summed E-state index contributed by atoms with van der Waals surface area (Å²) < 4.78 is 0. The number of benzene rings is 1. The number of primary amides is 1. The van der Waals surface area contributed by atoms with E-state index in [0.717, 1.165) is 12.2 Å². The summed E-state index contributed by atoms with van der Waals surface area (Å²) >= 11 is 0. The molecule has 4 N–H and O–H groups in total. The van der Waals surface area contributed by atoms with Gasteiger partial charge in [0.25, 0.3) is 0 Å². The highest BCUT2D eigenvalue weighted by molar-refractivity contribution is 5.81. The van der Waals surface area contributed by atoms with E-state index < -0.39 is 0 Å². The van der Waals surface area contributed by atoms with Gasteiger partial charge in [-0.25, -0.2) is 5.43 Å². The molecule has 2 aliphatic heterocycles. The van der Waals surface area contributed by atoms with E-state index >= 15 is 0 Å². The number of hydrazine groups is 1. The highest BCUT2D eigenvalue weighted by Crippen LogP contribution is 2.29. The third-order valence-corrected chi connectivity index (χ3v) is 3.19. The zero-order valence-electron chi connectivity index (χ0n) is 8.81. The van der Waals surface area contributed by atoms with Gasteiger partial charge in [0.15, 0.2) is 0 Å². The second-order valence-electron chi connectivity index (χ2n) is 4.22.